The van der Waals surface area contributed by atoms with Gasteiger partial charge < -0.3 is 30.4 Å². The summed E-state index contributed by atoms with van der Waals surface area (Å²) < 4.78 is 0. The first-order valence-electron chi connectivity index (χ1n) is 13.6. The number of nitrogens with zero attached hydrogens (tertiary/aromatic N) is 1. The predicted octanol–water partition coefficient (Wildman–Crippen LogP) is 3.34. The Morgan fingerprint density at radius 2 is 1.86 bits per heavy atom. The molecule has 2 saturated carbocycles. The number of rotatable bonds is 7. The molecule has 0 aromatic rings. The van der Waals surface area contributed by atoms with Crippen molar-refractivity contribution in [2.75, 3.05) is 13.7 Å². The van der Waals surface area contributed by atoms with Gasteiger partial charge in [0.2, 0.25) is 0 Å². The highest BCUT2D eigenvalue weighted by Crippen LogP contribution is 2.66. The summed E-state index contributed by atoms with van der Waals surface area (Å²) in [5.41, 5.74) is 1.28. The van der Waals surface area contributed by atoms with Crippen LogP contribution in [0.25, 0.3) is 0 Å². The molecule has 4 rings (SSSR count). The minimum Gasteiger partial charge on any atom is -0.399 e. The lowest BCUT2D eigenvalue weighted by Crippen LogP contribution is -2.56. The monoisotopic (exact) mass is 505 g/mol. The Bertz CT molecular complexity index is 937. The number of allylic oxidation sites excluding steroid dienone is 4. The summed E-state index contributed by atoms with van der Waals surface area (Å²) in [6, 6.07) is 0. The second-order valence-electron chi connectivity index (χ2n) is 13.4. The molecular formula is C29H47NO6. The van der Waals surface area contributed by atoms with Gasteiger partial charge >= 0.3 is 0 Å². The van der Waals surface area contributed by atoms with Gasteiger partial charge in [0.25, 0.3) is 0 Å². The zero-order valence-corrected chi connectivity index (χ0v) is 22.9. The standard InChI is InChI=1S/C29H47NO6/c1-26(2,35)11-10-25(34)29(5,16-31)24-8-7-18-17-13-21(30-36-6)20-14-22(32)23(33)15-28(20,4)19(17)9-12-27(18,24)3/h7,13,19-20,22-25,31-35H,8-12,14-16H2,1-6H3/b30-21+/t19?,20-,22+,23-,24-,25+,27-,28+,29+/m0/s1. The molecule has 0 heterocycles. The summed E-state index contributed by atoms with van der Waals surface area (Å²) in [5.74, 6) is 0.299. The molecule has 2 fully saturated rings. The number of aliphatic hydroxyl groups excluding tert-OH is 4. The predicted molar refractivity (Wildman–Crippen MR) is 139 cm³/mol. The quantitative estimate of drug-likeness (QED) is 0.338. The number of hydrogen-bond acceptors (Lipinski definition) is 7. The smallest absolute Gasteiger partial charge is 0.106 e. The summed E-state index contributed by atoms with van der Waals surface area (Å²) in [5, 5.41) is 57.6. The average molecular weight is 506 g/mol. The molecule has 0 aliphatic heterocycles. The molecule has 4 aliphatic carbocycles. The maximum absolute atomic E-state index is 11.3. The van der Waals surface area contributed by atoms with Crippen molar-refractivity contribution in [2.24, 2.45) is 39.2 Å². The van der Waals surface area contributed by atoms with Crippen LogP contribution in [0.2, 0.25) is 0 Å². The fourth-order valence-corrected chi connectivity index (χ4v) is 8.28. The van der Waals surface area contributed by atoms with Crippen molar-refractivity contribution >= 4 is 5.71 Å². The first kappa shape index (κ1) is 27.8. The normalized spacial score (nSPS) is 42.0. The van der Waals surface area contributed by atoms with Crippen LogP contribution < -0.4 is 0 Å². The van der Waals surface area contributed by atoms with Crippen LogP contribution in [0.4, 0.5) is 0 Å². The molecule has 7 nitrogen and oxygen atoms in total. The Balaban J connectivity index is 1.69. The van der Waals surface area contributed by atoms with E-state index in [0.29, 0.717) is 25.7 Å². The third-order valence-electron chi connectivity index (χ3n) is 10.5. The molecule has 0 radical (unpaired) electrons. The van der Waals surface area contributed by atoms with E-state index < -0.39 is 29.3 Å². The van der Waals surface area contributed by atoms with Crippen molar-refractivity contribution < 1.29 is 30.4 Å². The van der Waals surface area contributed by atoms with E-state index in [2.05, 4.69) is 31.2 Å². The molecule has 0 amide bonds. The first-order chi connectivity index (χ1) is 16.7. The molecule has 0 spiro atoms. The van der Waals surface area contributed by atoms with Gasteiger partial charge in [-0.1, -0.05) is 32.0 Å². The van der Waals surface area contributed by atoms with E-state index in [-0.39, 0.29) is 35.2 Å². The minimum atomic E-state index is -0.869. The lowest BCUT2D eigenvalue weighted by atomic mass is 9.47. The van der Waals surface area contributed by atoms with Crippen LogP contribution in [0.3, 0.4) is 0 Å². The molecular weight excluding hydrogens is 458 g/mol. The van der Waals surface area contributed by atoms with Crippen LogP contribution in [0.5, 0.6) is 0 Å². The van der Waals surface area contributed by atoms with E-state index in [9.17, 15) is 25.5 Å². The van der Waals surface area contributed by atoms with Gasteiger partial charge in [0.15, 0.2) is 0 Å². The summed E-state index contributed by atoms with van der Waals surface area (Å²) in [6.45, 7) is 9.86. The molecule has 0 aromatic heterocycles. The van der Waals surface area contributed by atoms with Crippen LogP contribution in [-0.2, 0) is 4.84 Å². The number of hydrogen-bond donors (Lipinski definition) is 5. The van der Waals surface area contributed by atoms with E-state index in [1.165, 1.54) is 11.1 Å². The zero-order valence-electron chi connectivity index (χ0n) is 22.9. The van der Waals surface area contributed by atoms with E-state index in [0.717, 1.165) is 25.0 Å². The highest BCUT2D eigenvalue weighted by molar-refractivity contribution is 5.99. The number of oxime groups is 1. The SMILES string of the molecule is CO/N=C1\C=C2C3=CC[C@H]([C@@](C)(CO)[C@H](O)CCC(C)(C)O)[C@@]3(C)CCC2[C@@]2(C)C[C@H](O)[C@H](O)C[C@@H]12. The lowest BCUT2D eigenvalue weighted by Gasteiger charge is -2.58. The van der Waals surface area contributed by atoms with E-state index in [1.807, 2.05) is 6.92 Å². The Labute approximate surface area is 215 Å². The molecule has 5 N–H and O–H groups in total. The molecule has 4 aliphatic rings. The van der Waals surface area contributed by atoms with Crippen molar-refractivity contribution in [3.8, 4) is 0 Å². The van der Waals surface area contributed by atoms with Crippen LogP contribution in [0, 0.1) is 34.0 Å². The van der Waals surface area contributed by atoms with Crippen LogP contribution >= 0.6 is 0 Å². The molecule has 36 heavy (non-hydrogen) atoms. The van der Waals surface area contributed by atoms with Crippen LogP contribution in [0.1, 0.15) is 79.6 Å². The van der Waals surface area contributed by atoms with Gasteiger partial charge in [-0.2, -0.15) is 0 Å². The zero-order chi connectivity index (χ0) is 26.7. The molecule has 1 unspecified atom stereocenters. The second-order valence-corrected chi connectivity index (χ2v) is 13.4. The maximum atomic E-state index is 11.3. The van der Waals surface area contributed by atoms with Gasteiger partial charge in [0.05, 0.1) is 36.2 Å². The van der Waals surface area contributed by atoms with Crippen LogP contribution in [0.15, 0.2) is 28.5 Å². The fourth-order valence-electron chi connectivity index (χ4n) is 8.28. The molecule has 9 atom stereocenters. The lowest BCUT2D eigenvalue weighted by molar-refractivity contribution is -0.0973. The van der Waals surface area contributed by atoms with Crippen molar-refractivity contribution in [3.63, 3.8) is 0 Å². The summed E-state index contributed by atoms with van der Waals surface area (Å²) in [6.07, 6.45) is 6.70. The summed E-state index contributed by atoms with van der Waals surface area (Å²) >= 11 is 0. The van der Waals surface area contributed by atoms with Gasteiger partial charge in [-0.25, -0.2) is 0 Å². The number of fused-ring (bicyclic) bond motifs is 5. The molecule has 0 bridgehead atoms. The topological polar surface area (TPSA) is 123 Å². The van der Waals surface area contributed by atoms with Crippen molar-refractivity contribution in [3.05, 3.63) is 23.3 Å². The Morgan fingerprint density at radius 1 is 1.17 bits per heavy atom. The largest absolute Gasteiger partial charge is 0.399 e. The molecule has 7 heteroatoms. The number of aliphatic hydroxyl groups is 5. The fraction of sp³-hybridized carbons (Fsp3) is 0.828. The van der Waals surface area contributed by atoms with Gasteiger partial charge in [0, 0.05) is 11.3 Å². The summed E-state index contributed by atoms with van der Waals surface area (Å²) in [4.78, 5) is 5.23. The van der Waals surface area contributed by atoms with E-state index in [4.69, 9.17) is 4.84 Å². The van der Waals surface area contributed by atoms with Gasteiger partial charge in [0.1, 0.15) is 7.11 Å². The molecule has 0 saturated heterocycles. The molecule has 204 valence electrons. The van der Waals surface area contributed by atoms with Crippen molar-refractivity contribution in [1.82, 2.24) is 0 Å². The Hall–Kier alpha value is -1.25. The molecule has 0 aromatic carbocycles. The maximum Gasteiger partial charge on any atom is 0.106 e. The van der Waals surface area contributed by atoms with E-state index >= 15 is 0 Å². The third-order valence-corrected chi connectivity index (χ3v) is 10.5. The average Bonchev–Trinajstić information content (AvgIpc) is 3.16. The minimum absolute atomic E-state index is 0.0121. The van der Waals surface area contributed by atoms with E-state index in [1.54, 1.807) is 21.0 Å². The Kier molecular flexibility index (Phi) is 7.32. The van der Waals surface area contributed by atoms with Crippen molar-refractivity contribution in [1.29, 1.82) is 0 Å². The van der Waals surface area contributed by atoms with Gasteiger partial charge in [-0.3, -0.25) is 0 Å². The Morgan fingerprint density at radius 3 is 2.47 bits per heavy atom. The second kappa shape index (κ2) is 9.49. The summed E-state index contributed by atoms with van der Waals surface area (Å²) in [7, 11) is 1.54. The van der Waals surface area contributed by atoms with Crippen molar-refractivity contribution in [2.45, 2.75) is 103 Å². The first-order valence-corrected chi connectivity index (χ1v) is 13.6. The highest BCUT2D eigenvalue weighted by atomic mass is 16.6. The highest BCUT2D eigenvalue weighted by Gasteiger charge is 2.60. The third kappa shape index (κ3) is 4.39. The van der Waals surface area contributed by atoms with Gasteiger partial charge in [-0.05, 0) is 98.7 Å². The van der Waals surface area contributed by atoms with Gasteiger partial charge in [-0.15, -0.1) is 0 Å². The van der Waals surface area contributed by atoms with Crippen LogP contribution in [-0.4, -0.2) is 68.9 Å².